The second kappa shape index (κ2) is 30.4. The standard InChI is InChI=1S/C48H32N2O.C24H16BrN.C24H17NO.C6H5NO2.CH4/c1-5-23-41-37(19-1)38-20-2-6-24-42(38)47(41,45-27-9-11-29-49-45)33-15-13-17-35(31-33)51-36-18-14-16-34(32-36)48(46-28-10-12-30-50-46)43-25-7-3-21-39(43)40-22-4-8-26-44(40)48;25-18-9-7-8-17(16-18)24(23-14-5-6-15-26-23)21-12-3-1-10-19(21)20-11-2-4-13-22(20)24;26-18-9-7-8-17(16-18)24(23-14-5-6-15-25-23)21-12-3-1-10-19(21)20-11-2-4-13-22(20)24;8-6(9)5-3-1-2-4-7-5;/h1-32H;1-16H;1-16,26H;1-4H,(H,8,9);1H4. The molecule has 12 aromatic carbocycles. The SMILES string of the molecule is Brc1cccc(C2(c3ccccn3)c3ccccc3-c3ccccc32)c1.C.O=C(O)c1ccccn1.Oc1cccc(C2(c3ccccn3)c3ccccc3-c3ccccc32)c1.c1ccc(C2(c3cccc(Oc4cccc(C5(c6ccccn6)c6ccccc6-c6ccccc65)c4)c3)c3ccccc3-c3ccccc32)nc1. The van der Waals surface area contributed by atoms with Crippen LogP contribution >= 0.6 is 15.9 Å². The minimum absolute atomic E-state index is 0. The molecular weight excluding hydrogens is 1450 g/mol. The number of hydrogen-bond acceptors (Lipinski definition) is 8. The first kappa shape index (κ1) is 71.8. The molecule has 0 fully saturated rings. The van der Waals surface area contributed by atoms with E-state index >= 15 is 0 Å². The molecule has 0 radical (unpaired) electrons. The summed E-state index contributed by atoms with van der Waals surface area (Å²) < 4.78 is 7.93. The van der Waals surface area contributed by atoms with E-state index in [9.17, 15) is 9.90 Å². The Morgan fingerprint density at radius 1 is 0.265 bits per heavy atom. The van der Waals surface area contributed by atoms with E-state index in [1.807, 2.05) is 79.4 Å². The quantitative estimate of drug-likeness (QED) is 0.130. The van der Waals surface area contributed by atoms with Crippen molar-refractivity contribution in [2.24, 2.45) is 0 Å². The summed E-state index contributed by atoms with van der Waals surface area (Å²) in [6.45, 7) is 0. The second-order valence-electron chi connectivity index (χ2n) is 28.0. The van der Waals surface area contributed by atoms with Crippen molar-refractivity contribution < 1.29 is 19.7 Å². The molecule has 5 aromatic heterocycles. The Balaban J connectivity index is 0.000000125. The van der Waals surface area contributed by atoms with E-state index in [4.69, 9.17) is 29.8 Å². The minimum Gasteiger partial charge on any atom is -0.508 e. The van der Waals surface area contributed by atoms with Gasteiger partial charge in [-0.3, -0.25) is 19.9 Å². The van der Waals surface area contributed by atoms with Gasteiger partial charge in [-0.15, -0.1) is 0 Å². The molecular formula is C103H74BrN5O4. The number of hydrogen-bond donors (Lipinski definition) is 2. The topological polar surface area (TPSA) is 131 Å². The Labute approximate surface area is 665 Å². The summed E-state index contributed by atoms with van der Waals surface area (Å²) in [6, 6.07) is 132. The number of phenolic OH excluding ortho intramolecular Hbond substituents is 1. The van der Waals surface area contributed by atoms with Crippen LogP contribution < -0.4 is 4.74 Å². The fraction of sp³-hybridized carbons (Fsp3) is 0.0485. The van der Waals surface area contributed by atoms with Crippen molar-refractivity contribution in [2.45, 2.75) is 29.1 Å². The first-order valence-electron chi connectivity index (χ1n) is 37.3. The highest BCUT2D eigenvalue weighted by Gasteiger charge is 2.51. The fourth-order valence-electron chi connectivity index (χ4n) is 17.9. The first-order chi connectivity index (χ1) is 55.2. The summed E-state index contributed by atoms with van der Waals surface area (Å²) in [7, 11) is 0. The molecule has 17 aromatic rings. The van der Waals surface area contributed by atoms with Crippen LogP contribution in [0.25, 0.3) is 44.5 Å². The highest BCUT2D eigenvalue weighted by atomic mass is 79.9. The van der Waals surface area contributed by atoms with E-state index in [2.05, 4.69) is 324 Å². The minimum atomic E-state index is -0.990. The molecule has 0 saturated carbocycles. The van der Waals surface area contributed by atoms with E-state index in [0.29, 0.717) is 0 Å². The Bertz CT molecular complexity index is 5800. The monoisotopic (exact) mass is 1520 g/mol. The molecule has 113 heavy (non-hydrogen) atoms. The van der Waals surface area contributed by atoms with Crippen molar-refractivity contribution in [1.29, 1.82) is 0 Å². The van der Waals surface area contributed by atoms with Gasteiger partial charge >= 0.3 is 5.97 Å². The number of aromatic carboxylic acids is 1. The third-order valence-corrected chi connectivity index (χ3v) is 22.7. The summed E-state index contributed by atoms with van der Waals surface area (Å²) in [5.74, 6) is 0.803. The van der Waals surface area contributed by atoms with Gasteiger partial charge in [0.2, 0.25) is 0 Å². The molecule has 0 saturated heterocycles. The van der Waals surface area contributed by atoms with Gasteiger partial charge < -0.3 is 14.9 Å². The lowest BCUT2D eigenvalue weighted by molar-refractivity contribution is 0.0690. The van der Waals surface area contributed by atoms with E-state index < -0.39 is 27.6 Å². The normalized spacial score (nSPS) is 13.5. The predicted octanol–water partition coefficient (Wildman–Crippen LogP) is 23.8. The highest BCUT2D eigenvalue weighted by Crippen LogP contribution is 2.60. The molecule has 0 aliphatic heterocycles. The molecule has 21 rings (SSSR count). The van der Waals surface area contributed by atoms with Crippen LogP contribution in [0.5, 0.6) is 17.2 Å². The molecule has 542 valence electrons. The predicted molar refractivity (Wildman–Crippen MR) is 454 cm³/mol. The maximum absolute atomic E-state index is 10.2. The summed E-state index contributed by atoms with van der Waals surface area (Å²) >= 11 is 3.67. The molecule has 0 atom stereocenters. The smallest absolute Gasteiger partial charge is 0.354 e. The Kier molecular flexibility index (Phi) is 19.3. The lowest BCUT2D eigenvalue weighted by Gasteiger charge is -2.33. The summed E-state index contributed by atoms with van der Waals surface area (Å²) in [6.07, 6.45) is 8.96. The van der Waals surface area contributed by atoms with Crippen LogP contribution in [-0.2, 0) is 21.7 Å². The van der Waals surface area contributed by atoms with Crippen molar-refractivity contribution >= 4 is 21.9 Å². The van der Waals surface area contributed by atoms with Crippen LogP contribution in [0.1, 0.15) is 107 Å². The van der Waals surface area contributed by atoms with Crippen LogP contribution in [0, 0.1) is 0 Å². The van der Waals surface area contributed by atoms with Gasteiger partial charge in [-0.2, -0.15) is 0 Å². The van der Waals surface area contributed by atoms with Crippen LogP contribution in [0.2, 0.25) is 0 Å². The van der Waals surface area contributed by atoms with Gasteiger partial charge in [0.25, 0.3) is 0 Å². The molecule has 2 N–H and O–H groups in total. The maximum atomic E-state index is 10.2. The lowest BCUT2D eigenvalue weighted by Crippen LogP contribution is -2.29. The number of aromatic hydroxyl groups is 1. The third kappa shape index (κ3) is 12.0. The van der Waals surface area contributed by atoms with Gasteiger partial charge in [0.05, 0.1) is 44.4 Å². The van der Waals surface area contributed by atoms with Crippen molar-refractivity contribution in [1.82, 2.24) is 24.9 Å². The average molecular weight is 1530 g/mol. The summed E-state index contributed by atoms with van der Waals surface area (Å²) in [5, 5.41) is 18.5. The van der Waals surface area contributed by atoms with E-state index in [1.165, 1.54) is 107 Å². The number of halogens is 1. The largest absolute Gasteiger partial charge is 0.508 e. The number of carboxylic acid groups (broad SMARTS) is 1. The van der Waals surface area contributed by atoms with E-state index in [-0.39, 0.29) is 18.9 Å². The van der Waals surface area contributed by atoms with Crippen molar-refractivity contribution in [2.75, 3.05) is 0 Å². The van der Waals surface area contributed by atoms with E-state index in [1.54, 1.807) is 18.2 Å². The van der Waals surface area contributed by atoms with Crippen molar-refractivity contribution in [3.05, 3.63) is 513 Å². The molecule has 5 heterocycles. The van der Waals surface area contributed by atoms with Gasteiger partial charge in [-0.1, -0.05) is 296 Å². The Hall–Kier alpha value is -14.1. The third-order valence-electron chi connectivity index (χ3n) is 22.2. The van der Waals surface area contributed by atoms with Gasteiger partial charge in [0, 0.05) is 35.5 Å². The number of aromatic nitrogens is 5. The van der Waals surface area contributed by atoms with Crippen molar-refractivity contribution in [3.8, 4) is 61.8 Å². The van der Waals surface area contributed by atoms with E-state index in [0.717, 1.165) is 55.4 Å². The molecule has 0 unspecified atom stereocenters. The van der Waals surface area contributed by atoms with Gasteiger partial charge in [-0.25, -0.2) is 9.78 Å². The maximum Gasteiger partial charge on any atom is 0.354 e. The number of pyridine rings is 5. The lowest BCUT2D eigenvalue weighted by atomic mass is 9.69. The van der Waals surface area contributed by atoms with Crippen molar-refractivity contribution in [3.63, 3.8) is 0 Å². The number of carboxylic acids is 1. The molecule has 10 heteroatoms. The zero-order chi connectivity index (χ0) is 75.6. The molecule has 4 aliphatic carbocycles. The molecule has 0 bridgehead atoms. The van der Waals surface area contributed by atoms with Gasteiger partial charge in [0.15, 0.2) is 0 Å². The summed E-state index contributed by atoms with van der Waals surface area (Å²) in [4.78, 5) is 33.3. The Morgan fingerprint density at radius 2 is 0.513 bits per heavy atom. The zero-order valence-corrected chi connectivity index (χ0v) is 62.2. The van der Waals surface area contributed by atoms with Crippen LogP contribution in [0.15, 0.2) is 418 Å². The van der Waals surface area contributed by atoms with Gasteiger partial charge in [0.1, 0.15) is 22.9 Å². The number of nitrogens with zero attached hydrogens (tertiary/aromatic N) is 5. The second-order valence-corrected chi connectivity index (χ2v) is 28.9. The number of fused-ring (bicyclic) bond motifs is 12. The molecule has 0 spiro atoms. The number of benzene rings is 12. The average Bonchev–Trinajstić information content (AvgIpc) is 1.57. The Morgan fingerprint density at radius 3 is 0.761 bits per heavy atom. The number of rotatable bonds is 11. The molecule has 9 nitrogen and oxygen atoms in total. The molecule has 4 aliphatic rings. The fourth-order valence-corrected chi connectivity index (χ4v) is 18.3. The molecule has 0 amide bonds. The van der Waals surface area contributed by atoms with Crippen LogP contribution in [0.4, 0.5) is 0 Å². The first-order valence-corrected chi connectivity index (χ1v) is 38.0. The highest BCUT2D eigenvalue weighted by molar-refractivity contribution is 9.10. The summed E-state index contributed by atoms with van der Waals surface area (Å²) in [5.41, 5.74) is 26.2. The van der Waals surface area contributed by atoms with Gasteiger partial charge in [-0.05, 0) is 220 Å². The number of phenols is 1. The van der Waals surface area contributed by atoms with Crippen LogP contribution in [0.3, 0.4) is 0 Å². The zero-order valence-electron chi connectivity index (χ0n) is 60.6. The number of carbonyl (C=O) groups is 1. The van der Waals surface area contributed by atoms with Crippen LogP contribution in [-0.4, -0.2) is 41.1 Å². The number of ether oxygens (including phenoxy) is 1.